The number of nitriles is 1. The highest BCUT2D eigenvalue weighted by atomic mass is 16.6. The number of hydrogen-bond donors (Lipinski definition) is 0. The summed E-state index contributed by atoms with van der Waals surface area (Å²) in [5.74, 6) is 1.03. The fourth-order valence-electron chi connectivity index (χ4n) is 3.13. The summed E-state index contributed by atoms with van der Waals surface area (Å²) in [4.78, 5) is 13.6. The minimum atomic E-state index is -0.442. The molecule has 1 amide bonds. The lowest BCUT2D eigenvalue weighted by Gasteiger charge is -2.43. The van der Waals surface area contributed by atoms with Crippen LogP contribution in [0.2, 0.25) is 0 Å². The van der Waals surface area contributed by atoms with Crippen LogP contribution in [0, 0.1) is 29.1 Å². The average molecular weight is 264 g/mol. The van der Waals surface area contributed by atoms with Gasteiger partial charge in [-0.15, -0.1) is 0 Å². The maximum absolute atomic E-state index is 11.8. The summed E-state index contributed by atoms with van der Waals surface area (Å²) < 4.78 is 5.33. The second-order valence-electron chi connectivity index (χ2n) is 6.84. The number of carbonyl (C=O) groups excluding carboxylic acids is 1. The zero-order chi connectivity index (χ0) is 14.0. The summed E-state index contributed by atoms with van der Waals surface area (Å²) in [7, 11) is 0. The molecule has 0 aromatic rings. The summed E-state index contributed by atoms with van der Waals surface area (Å²) in [6.45, 7) is 6.99. The van der Waals surface area contributed by atoms with E-state index in [0.717, 1.165) is 0 Å². The smallest absolute Gasteiger partial charge is 0.410 e. The maximum Gasteiger partial charge on any atom is 0.410 e. The molecule has 2 aliphatic rings. The van der Waals surface area contributed by atoms with Crippen LogP contribution >= 0.6 is 0 Å². The van der Waals surface area contributed by atoms with Crippen LogP contribution in [0.1, 0.15) is 46.5 Å². The molecule has 4 nitrogen and oxygen atoms in total. The van der Waals surface area contributed by atoms with E-state index in [9.17, 15) is 10.1 Å². The molecule has 0 spiro atoms. The van der Waals surface area contributed by atoms with E-state index in [2.05, 4.69) is 6.07 Å². The molecular weight excluding hydrogens is 240 g/mol. The zero-order valence-corrected chi connectivity index (χ0v) is 12.2. The van der Waals surface area contributed by atoms with Crippen molar-refractivity contribution in [2.45, 2.75) is 52.1 Å². The van der Waals surface area contributed by atoms with Crippen molar-refractivity contribution in [1.82, 2.24) is 4.90 Å². The van der Waals surface area contributed by atoms with Crippen LogP contribution in [0.25, 0.3) is 0 Å². The van der Waals surface area contributed by atoms with Gasteiger partial charge in [0.1, 0.15) is 5.60 Å². The Morgan fingerprint density at radius 3 is 2.32 bits per heavy atom. The third kappa shape index (κ3) is 3.40. The maximum atomic E-state index is 11.8. The highest BCUT2D eigenvalue weighted by molar-refractivity contribution is 5.69. The Bertz CT molecular complexity index is 369. The lowest BCUT2D eigenvalue weighted by atomic mass is 9.77. The summed E-state index contributed by atoms with van der Waals surface area (Å²) in [5.41, 5.74) is -0.442. The second kappa shape index (κ2) is 5.40. The van der Waals surface area contributed by atoms with E-state index >= 15 is 0 Å². The summed E-state index contributed by atoms with van der Waals surface area (Å²) >= 11 is 0. The number of rotatable bonds is 2. The van der Waals surface area contributed by atoms with Crippen LogP contribution < -0.4 is 0 Å². The minimum absolute atomic E-state index is 0.126. The van der Waals surface area contributed by atoms with Gasteiger partial charge in [0.15, 0.2) is 0 Å². The van der Waals surface area contributed by atoms with Gasteiger partial charge in [-0.2, -0.15) is 5.26 Å². The van der Waals surface area contributed by atoms with E-state index in [1.165, 1.54) is 25.7 Å². The van der Waals surface area contributed by atoms with Gasteiger partial charge >= 0.3 is 6.09 Å². The Morgan fingerprint density at radius 1 is 1.26 bits per heavy atom. The van der Waals surface area contributed by atoms with Gasteiger partial charge in [0.25, 0.3) is 0 Å². The monoisotopic (exact) mass is 264 g/mol. The summed E-state index contributed by atoms with van der Waals surface area (Å²) in [6.07, 6.45) is 4.63. The first-order chi connectivity index (χ1) is 8.90. The van der Waals surface area contributed by atoms with Crippen molar-refractivity contribution in [1.29, 1.82) is 5.26 Å². The van der Waals surface area contributed by atoms with E-state index in [4.69, 9.17) is 4.74 Å². The Hall–Kier alpha value is -1.24. The van der Waals surface area contributed by atoms with Crippen LogP contribution in [0.4, 0.5) is 4.79 Å². The molecule has 2 fully saturated rings. The standard InChI is InChI=1S/C15H24N2O2/c1-15(2,3)19-14(18)17-9-12(10-17)13(8-16)11-6-4-5-7-11/h11-13H,4-7,9-10H2,1-3H3. The number of carbonyl (C=O) groups is 1. The van der Waals surface area contributed by atoms with Crippen molar-refractivity contribution >= 4 is 6.09 Å². The van der Waals surface area contributed by atoms with Crippen LogP contribution in [-0.4, -0.2) is 29.7 Å². The third-order valence-corrected chi connectivity index (χ3v) is 4.13. The molecule has 0 aromatic carbocycles. The summed E-state index contributed by atoms with van der Waals surface area (Å²) in [6, 6.07) is 2.47. The van der Waals surface area contributed by atoms with E-state index in [0.29, 0.717) is 24.9 Å². The molecule has 1 saturated carbocycles. The van der Waals surface area contributed by atoms with Crippen molar-refractivity contribution in [2.75, 3.05) is 13.1 Å². The van der Waals surface area contributed by atoms with Gasteiger partial charge in [-0.25, -0.2) is 4.79 Å². The molecular formula is C15H24N2O2. The molecule has 0 aromatic heterocycles. The first kappa shape index (κ1) is 14.2. The molecule has 0 radical (unpaired) electrons. The Morgan fingerprint density at radius 2 is 1.84 bits per heavy atom. The van der Waals surface area contributed by atoms with E-state index in [-0.39, 0.29) is 12.0 Å². The predicted molar refractivity (Wildman–Crippen MR) is 72.4 cm³/mol. The van der Waals surface area contributed by atoms with Crippen molar-refractivity contribution in [3.63, 3.8) is 0 Å². The normalized spacial score (nSPS) is 22.7. The first-order valence-electron chi connectivity index (χ1n) is 7.28. The van der Waals surface area contributed by atoms with Gasteiger partial charge in [-0.1, -0.05) is 12.8 Å². The highest BCUT2D eigenvalue weighted by Crippen LogP contribution is 2.38. The van der Waals surface area contributed by atoms with Gasteiger partial charge in [0.2, 0.25) is 0 Å². The van der Waals surface area contributed by atoms with Gasteiger partial charge in [0, 0.05) is 19.0 Å². The number of hydrogen-bond acceptors (Lipinski definition) is 3. The SMILES string of the molecule is CC(C)(C)OC(=O)N1CC(C(C#N)C2CCCC2)C1. The molecule has 0 N–H and O–H groups in total. The summed E-state index contributed by atoms with van der Waals surface area (Å²) in [5, 5.41) is 9.35. The Labute approximate surface area is 115 Å². The molecule has 1 heterocycles. The molecule has 106 valence electrons. The largest absolute Gasteiger partial charge is 0.444 e. The van der Waals surface area contributed by atoms with Gasteiger partial charge in [-0.05, 0) is 39.5 Å². The van der Waals surface area contributed by atoms with Gasteiger partial charge < -0.3 is 9.64 Å². The van der Waals surface area contributed by atoms with Crippen molar-refractivity contribution < 1.29 is 9.53 Å². The lowest BCUT2D eigenvalue weighted by molar-refractivity contribution is -0.0109. The van der Waals surface area contributed by atoms with E-state index in [1.54, 1.807) is 4.90 Å². The van der Waals surface area contributed by atoms with Gasteiger partial charge in [0.05, 0.1) is 12.0 Å². The second-order valence-corrected chi connectivity index (χ2v) is 6.84. The fraction of sp³-hybridized carbons (Fsp3) is 0.867. The van der Waals surface area contributed by atoms with E-state index in [1.807, 2.05) is 20.8 Å². The molecule has 1 atom stereocenters. The van der Waals surface area contributed by atoms with Crippen LogP contribution in [-0.2, 0) is 4.74 Å². The molecule has 1 aliphatic heterocycles. The zero-order valence-electron chi connectivity index (χ0n) is 12.2. The molecule has 2 rings (SSSR count). The third-order valence-electron chi connectivity index (χ3n) is 4.13. The topological polar surface area (TPSA) is 53.3 Å². The number of ether oxygens (including phenoxy) is 1. The van der Waals surface area contributed by atoms with Crippen molar-refractivity contribution in [2.24, 2.45) is 17.8 Å². The Kier molecular flexibility index (Phi) is 4.03. The number of likely N-dealkylation sites (tertiary alicyclic amines) is 1. The molecule has 1 unspecified atom stereocenters. The van der Waals surface area contributed by atoms with Crippen molar-refractivity contribution in [3.05, 3.63) is 0 Å². The fourth-order valence-corrected chi connectivity index (χ4v) is 3.13. The predicted octanol–water partition coefficient (Wildman–Crippen LogP) is 3.18. The quantitative estimate of drug-likeness (QED) is 0.769. The minimum Gasteiger partial charge on any atom is -0.444 e. The van der Waals surface area contributed by atoms with Crippen LogP contribution in [0.3, 0.4) is 0 Å². The van der Waals surface area contributed by atoms with Crippen LogP contribution in [0.15, 0.2) is 0 Å². The van der Waals surface area contributed by atoms with E-state index < -0.39 is 5.60 Å². The first-order valence-corrected chi connectivity index (χ1v) is 7.28. The van der Waals surface area contributed by atoms with Crippen molar-refractivity contribution in [3.8, 4) is 6.07 Å². The molecule has 19 heavy (non-hydrogen) atoms. The number of nitrogens with zero attached hydrogens (tertiary/aromatic N) is 2. The van der Waals surface area contributed by atoms with Gasteiger partial charge in [-0.3, -0.25) is 0 Å². The highest BCUT2D eigenvalue weighted by Gasteiger charge is 2.41. The molecule has 0 bridgehead atoms. The molecule has 1 aliphatic carbocycles. The average Bonchev–Trinajstić information content (AvgIpc) is 2.72. The molecule has 4 heteroatoms. The lowest BCUT2D eigenvalue weighted by Crippen LogP contribution is -2.54. The van der Waals surface area contributed by atoms with Crippen LogP contribution in [0.5, 0.6) is 0 Å². The Balaban J connectivity index is 1.81. The molecule has 1 saturated heterocycles. The number of amides is 1.